The molecule has 3 rings (SSSR count). The molecule has 0 saturated carbocycles. The van der Waals surface area contributed by atoms with E-state index >= 15 is 0 Å². The van der Waals surface area contributed by atoms with E-state index in [9.17, 15) is 13.2 Å². The second-order valence-corrected chi connectivity index (χ2v) is 9.59. The van der Waals surface area contributed by atoms with Gasteiger partial charge in [-0.1, -0.05) is 12.1 Å². The van der Waals surface area contributed by atoms with Gasteiger partial charge < -0.3 is 19.5 Å². The van der Waals surface area contributed by atoms with Crippen molar-refractivity contribution >= 4 is 15.9 Å². The van der Waals surface area contributed by atoms with Crippen LogP contribution in [-0.2, 0) is 19.6 Å². The Kier molecular flexibility index (Phi) is 8.11. The summed E-state index contributed by atoms with van der Waals surface area (Å²) in [5.41, 5.74) is 2.04. The molecular formula is C23H30N2O6S. The van der Waals surface area contributed by atoms with Crippen LogP contribution in [0, 0.1) is 13.8 Å². The predicted molar refractivity (Wildman–Crippen MR) is 121 cm³/mol. The van der Waals surface area contributed by atoms with Crippen LogP contribution in [0.3, 0.4) is 0 Å². The van der Waals surface area contributed by atoms with Crippen molar-refractivity contribution in [2.75, 3.05) is 39.5 Å². The highest BCUT2D eigenvalue weighted by Crippen LogP contribution is 2.21. The van der Waals surface area contributed by atoms with Crippen LogP contribution in [0.2, 0.25) is 0 Å². The Labute approximate surface area is 189 Å². The summed E-state index contributed by atoms with van der Waals surface area (Å²) in [6.07, 6.45) is -0.639. The highest BCUT2D eigenvalue weighted by Gasteiger charge is 2.26. The molecule has 2 aromatic rings. The number of aryl methyl sites for hydroxylation is 2. The van der Waals surface area contributed by atoms with Gasteiger partial charge in [-0.3, -0.25) is 4.79 Å². The smallest absolute Gasteiger partial charge is 0.260 e. The molecule has 1 unspecified atom stereocenters. The standard InChI is InChI=1S/C23H30N2O6S/c1-17-4-5-18(2)22(16-17)31-19(3)23(26)24-10-13-30-20-6-8-21(9-7-20)32(27,28)25-11-14-29-15-12-25/h4-9,16,19H,10-15H2,1-3H3,(H,24,26). The van der Waals surface area contributed by atoms with E-state index in [4.69, 9.17) is 14.2 Å². The van der Waals surface area contributed by atoms with Gasteiger partial charge >= 0.3 is 0 Å². The van der Waals surface area contributed by atoms with Crippen LogP contribution >= 0.6 is 0 Å². The number of benzene rings is 2. The second kappa shape index (κ2) is 10.8. The molecule has 32 heavy (non-hydrogen) atoms. The van der Waals surface area contributed by atoms with E-state index in [0.29, 0.717) is 44.3 Å². The number of nitrogens with zero attached hydrogens (tertiary/aromatic N) is 1. The average Bonchev–Trinajstić information content (AvgIpc) is 2.80. The van der Waals surface area contributed by atoms with Crippen molar-refractivity contribution in [3.63, 3.8) is 0 Å². The maximum atomic E-state index is 12.6. The van der Waals surface area contributed by atoms with E-state index in [2.05, 4.69) is 5.32 Å². The molecule has 9 heteroatoms. The van der Waals surface area contributed by atoms with Crippen molar-refractivity contribution in [1.82, 2.24) is 9.62 Å². The van der Waals surface area contributed by atoms with Gasteiger partial charge in [0.15, 0.2) is 6.10 Å². The topological polar surface area (TPSA) is 94.2 Å². The van der Waals surface area contributed by atoms with Gasteiger partial charge in [0.25, 0.3) is 5.91 Å². The van der Waals surface area contributed by atoms with Crippen LogP contribution in [0.4, 0.5) is 0 Å². The lowest BCUT2D eigenvalue weighted by atomic mass is 10.1. The Bertz CT molecular complexity index is 1020. The quantitative estimate of drug-likeness (QED) is 0.575. The summed E-state index contributed by atoms with van der Waals surface area (Å²) in [5.74, 6) is 0.984. The zero-order valence-corrected chi connectivity index (χ0v) is 19.5. The van der Waals surface area contributed by atoms with Crippen molar-refractivity contribution in [2.45, 2.75) is 31.8 Å². The molecule has 8 nitrogen and oxygen atoms in total. The van der Waals surface area contributed by atoms with Crippen LogP contribution in [-0.4, -0.2) is 64.2 Å². The first-order valence-corrected chi connectivity index (χ1v) is 12.0. The van der Waals surface area contributed by atoms with E-state index in [0.717, 1.165) is 11.1 Å². The van der Waals surface area contributed by atoms with E-state index in [1.54, 1.807) is 19.1 Å². The van der Waals surface area contributed by atoms with Gasteiger partial charge in [-0.25, -0.2) is 8.42 Å². The molecule has 0 radical (unpaired) electrons. The maximum Gasteiger partial charge on any atom is 0.260 e. The molecule has 1 aliphatic rings. The van der Waals surface area contributed by atoms with Gasteiger partial charge in [0, 0.05) is 13.1 Å². The zero-order chi connectivity index (χ0) is 23.1. The Balaban J connectivity index is 1.44. The van der Waals surface area contributed by atoms with Gasteiger partial charge in [0.05, 0.1) is 24.7 Å². The lowest BCUT2D eigenvalue weighted by molar-refractivity contribution is -0.127. The summed E-state index contributed by atoms with van der Waals surface area (Å²) in [7, 11) is -3.53. The number of hydrogen-bond donors (Lipinski definition) is 1. The van der Waals surface area contributed by atoms with Crippen LogP contribution in [0.1, 0.15) is 18.1 Å². The summed E-state index contributed by atoms with van der Waals surface area (Å²) in [5, 5.41) is 2.78. The van der Waals surface area contributed by atoms with Crippen molar-refractivity contribution in [2.24, 2.45) is 0 Å². The third-order valence-corrected chi connectivity index (χ3v) is 7.03. The third kappa shape index (κ3) is 6.21. The van der Waals surface area contributed by atoms with Crippen molar-refractivity contribution in [1.29, 1.82) is 0 Å². The zero-order valence-electron chi connectivity index (χ0n) is 18.7. The molecule has 174 valence electrons. The summed E-state index contributed by atoms with van der Waals surface area (Å²) in [4.78, 5) is 12.5. The molecule has 1 amide bonds. The highest BCUT2D eigenvalue weighted by molar-refractivity contribution is 7.89. The molecule has 1 heterocycles. The number of hydrogen-bond acceptors (Lipinski definition) is 6. The van der Waals surface area contributed by atoms with Gasteiger partial charge in [-0.15, -0.1) is 0 Å². The number of rotatable bonds is 9. The highest BCUT2D eigenvalue weighted by atomic mass is 32.2. The molecular weight excluding hydrogens is 432 g/mol. The summed E-state index contributed by atoms with van der Waals surface area (Å²) < 4.78 is 43.3. The van der Waals surface area contributed by atoms with E-state index in [-0.39, 0.29) is 17.4 Å². The van der Waals surface area contributed by atoms with Crippen molar-refractivity contribution in [3.8, 4) is 11.5 Å². The van der Waals surface area contributed by atoms with Gasteiger partial charge in [0.1, 0.15) is 18.1 Å². The van der Waals surface area contributed by atoms with Crippen LogP contribution in [0.25, 0.3) is 0 Å². The summed E-state index contributed by atoms with van der Waals surface area (Å²) in [6.45, 7) is 7.67. The molecule has 2 aromatic carbocycles. The monoisotopic (exact) mass is 462 g/mol. The molecule has 1 atom stereocenters. The van der Waals surface area contributed by atoms with Crippen molar-refractivity contribution in [3.05, 3.63) is 53.6 Å². The minimum absolute atomic E-state index is 0.220. The fourth-order valence-electron chi connectivity index (χ4n) is 3.21. The van der Waals surface area contributed by atoms with Crippen LogP contribution in [0.5, 0.6) is 11.5 Å². The van der Waals surface area contributed by atoms with Crippen LogP contribution in [0.15, 0.2) is 47.4 Å². The molecule has 1 aliphatic heterocycles. The SMILES string of the molecule is Cc1ccc(C)c(OC(C)C(=O)NCCOc2ccc(S(=O)(=O)N3CCOCC3)cc2)c1. The number of carbonyl (C=O) groups is 1. The third-order valence-electron chi connectivity index (χ3n) is 5.12. The van der Waals surface area contributed by atoms with E-state index < -0.39 is 16.1 Å². The van der Waals surface area contributed by atoms with Crippen LogP contribution < -0.4 is 14.8 Å². The molecule has 1 N–H and O–H groups in total. The Morgan fingerprint density at radius 2 is 1.81 bits per heavy atom. The lowest BCUT2D eigenvalue weighted by Crippen LogP contribution is -2.40. The number of carbonyl (C=O) groups excluding carboxylic acids is 1. The molecule has 1 fully saturated rings. The predicted octanol–water partition coefficient (Wildman–Crippen LogP) is 2.29. The molecule has 0 aromatic heterocycles. The van der Waals surface area contributed by atoms with Gasteiger partial charge in [0.2, 0.25) is 10.0 Å². The first kappa shape index (κ1) is 24.0. The average molecular weight is 463 g/mol. The normalized spacial score (nSPS) is 15.7. The number of ether oxygens (including phenoxy) is 3. The Hall–Kier alpha value is -2.62. The number of amides is 1. The summed E-state index contributed by atoms with van der Waals surface area (Å²) in [6, 6.07) is 12.1. The Morgan fingerprint density at radius 3 is 2.50 bits per heavy atom. The van der Waals surface area contributed by atoms with Gasteiger partial charge in [-0.2, -0.15) is 4.31 Å². The Morgan fingerprint density at radius 1 is 1.12 bits per heavy atom. The van der Waals surface area contributed by atoms with E-state index in [1.807, 2.05) is 32.0 Å². The first-order chi connectivity index (χ1) is 15.3. The minimum Gasteiger partial charge on any atom is -0.492 e. The van der Waals surface area contributed by atoms with E-state index in [1.165, 1.54) is 16.4 Å². The number of morpholine rings is 1. The van der Waals surface area contributed by atoms with Gasteiger partial charge in [-0.05, 0) is 62.2 Å². The number of sulfonamides is 1. The lowest BCUT2D eigenvalue weighted by Gasteiger charge is -2.26. The number of nitrogens with one attached hydrogen (secondary N) is 1. The minimum atomic E-state index is -3.53. The second-order valence-electron chi connectivity index (χ2n) is 7.66. The largest absolute Gasteiger partial charge is 0.492 e. The molecule has 1 saturated heterocycles. The molecule has 0 spiro atoms. The maximum absolute atomic E-state index is 12.6. The fourth-order valence-corrected chi connectivity index (χ4v) is 4.62. The fraction of sp³-hybridized carbons (Fsp3) is 0.435. The molecule has 0 aliphatic carbocycles. The summed E-state index contributed by atoms with van der Waals surface area (Å²) >= 11 is 0. The molecule has 0 bridgehead atoms. The first-order valence-electron chi connectivity index (χ1n) is 10.6. The van der Waals surface area contributed by atoms with Crippen molar-refractivity contribution < 1.29 is 27.4 Å².